The smallest absolute Gasteiger partial charge is 0.300 e. The number of hydrogen-bond donors (Lipinski definition) is 2. The summed E-state index contributed by atoms with van der Waals surface area (Å²) in [5.41, 5.74) is 0.644. The third-order valence-corrected chi connectivity index (χ3v) is 1.24. The lowest BCUT2D eigenvalue weighted by atomic mass is 10.1. The van der Waals surface area contributed by atoms with Crippen LogP contribution in [0.2, 0.25) is 0 Å². The molecule has 0 spiro atoms. The molecule has 0 saturated carbocycles. The molecule has 74 valence electrons. The Hall–Kier alpha value is -1.86. The quantitative estimate of drug-likeness (QED) is 0.659. The molecular formula is C10H11NO3. The highest BCUT2D eigenvalue weighted by molar-refractivity contribution is 5.62. The lowest BCUT2D eigenvalue weighted by Gasteiger charge is -1.98. The summed E-state index contributed by atoms with van der Waals surface area (Å²) in [6, 6.07) is 10.6. The van der Waals surface area contributed by atoms with E-state index < -0.39 is 12.1 Å². The van der Waals surface area contributed by atoms with Crippen LogP contribution < -0.4 is 0 Å². The van der Waals surface area contributed by atoms with Gasteiger partial charge in [-0.3, -0.25) is 4.79 Å². The van der Waals surface area contributed by atoms with Crippen molar-refractivity contribution in [3.63, 3.8) is 0 Å². The van der Waals surface area contributed by atoms with Gasteiger partial charge in [-0.1, -0.05) is 30.3 Å². The van der Waals surface area contributed by atoms with Gasteiger partial charge in [0.1, 0.15) is 0 Å². The molecule has 1 aromatic rings. The van der Waals surface area contributed by atoms with E-state index in [1.54, 1.807) is 30.3 Å². The summed E-state index contributed by atoms with van der Waals surface area (Å²) in [6.45, 7) is 1.08. The number of aliphatic hydroxyl groups excluding tert-OH is 1. The topological polar surface area (TPSA) is 81.3 Å². The minimum Gasteiger partial charge on any atom is -0.481 e. The Bertz CT molecular complexity index is 312. The Morgan fingerprint density at radius 3 is 2.21 bits per heavy atom. The maximum atomic E-state index is 9.00. The monoisotopic (exact) mass is 193 g/mol. The molecule has 0 aliphatic rings. The summed E-state index contributed by atoms with van der Waals surface area (Å²) in [6.07, 6.45) is -0.985. The van der Waals surface area contributed by atoms with E-state index in [1.807, 2.05) is 6.07 Å². The summed E-state index contributed by atoms with van der Waals surface area (Å²) in [5, 5.41) is 24.7. The lowest BCUT2D eigenvalue weighted by molar-refractivity contribution is -0.134. The Labute approximate surface area is 82.0 Å². The van der Waals surface area contributed by atoms with Crippen molar-refractivity contribution in [2.45, 2.75) is 13.0 Å². The maximum Gasteiger partial charge on any atom is 0.300 e. The van der Waals surface area contributed by atoms with Crippen LogP contribution in [0.5, 0.6) is 0 Å². The largest absolute Gasteiger partial charge is 0.481 e. The second kappa shape index (κ2) is 6.63. The summed E-state index contributed by atoms with van der Waals surface area (Å²) in [7, 11) is 0. The molecule has 0 radical (unpaired) electrons. The van der Waals surface area contributed by atoms with Crippen LogP contribution in [0.4, 0.5) is 0 Å². The molecule has 1 aromatic carbocycles. The van der Waals surface area contributed by atoms with Crippen LogP contribution in [-0.4, -0.2) is 16.2 Å². The van der Waals surface area contributed by atoms with Crippen molar-refractivity contribution in [1.29, 1.82) is 5.26 Å². The van der Waals surface area contributed by atoms with Crippen molar-refractivity contribution >= 4 is 5.97 Å². The number of nitrogens with zero attached hydrogens (tertiary/aromatic N) is 1. The molecule has 2 N–H and O–H groups in total. The zero-order valence-corrected chi connectivity index (χ0v) is 7.71. The first-order valence-electron chi connectivity index (χ1n) is 3.90. The number of carbonyl (C=O) groups is 1. The first-order valence-corrected chi connectivity index (χ1v) is 3.90. The van der Waals surface area contributed by atoms with Crippen molar-refractivity contribution in [3.8, 4) is 6.07 Å². The normalized spacial score (nSPS) is 10.4. The van der Waals surface area contributed by atoms with Gasteiger partial charge < -0.3 is 10.2 Å². The van der Waals surface area contributed by atoms with E-state index in [1.165, 1.54) is 0 Å². The van der Waals surface area contributed by atoms with Crippen LogP contribution in [0.15, 0.2) is 30.3 Å². The predicted molar refractivity (Wildman–Crippen MR) is 50.3 cm³/mol. The summed E-state index contributed by atoms with van der Waals surface area (Å²) in [4.78, 5) is 9.00. The number of carboxylic acids is 1. The zero-order chi connectivity index (χ0) is 11.0. The van der Waals surface area contributed by atoms with Crippen molar-refractivity contribution in [2.24, 2.45) is 0 Å². The average molecular weight is 193 g/mol. The highest BCUT2D eigenvalue weighted by atomic mass is 16.4. The molecule has 0 aliphatic heterocycles. The van der Waals surface area contributed by atoms with Gasteiger partial charge in [0, 0.05) is 6.92 Å². The second-order valence-electron chi connectivity index (χ2n) is 2.46. The maximum absolute atomic E-state index is 9.00. The summed E-state index contributed by atoms with van der Waals surface area (Å²) < 4.78 is 0. The van der Waals surface area contributed by atoms with Gasteiger partial charge in [-0.05, 0) is 5.56 Å². The van der Waals surface area contributed by atoms with Gasteiger partial charge in [0.25, 0.3) is 5.97 Å². The van der Waals surface area contributed by atoms with Crippen LogP contribution in [0.3, 0.4) is 0 Å². The van der Waals surface area contributed by atoms with Crippen LogP contribution in [0.25, 0.3) is 0 Å². The fraction of sp³-hybridized carbons (Fsp3) is 0.200. The van der Waals surface area contributed by atoms with Gasteiger partial charge in [-0.2, -0.15) is 5.26 Å². The van der Waals surface area contributed by atoms with Gasteiger partial charge in [0.2, 0.25) is 0 Å². The van der Waals surface area contributed by atoms with Gasteiger partial charge in [0.15, 0.2) is 6.10 Å². The molecule has 0 heterocycles. The van der Waals surface area contributed by atoms with Crippen molar-refractivity contribution in [3.05, 3.63) is 35.9 Å². The van der Waals surface area contributed by atoms with Crippen LogP contribution in [0.1, 0.15) is 18.6 Å². The molecule has 0 aromatic heterocycles. The second-order valence-corrected chi connectivity index (χ2v) is 2.46. The number of nitriles is 1. The van der Waals surface area contributed by atoms with Crippen LogP contribution >= 0.6 is 0 Å². The van der Waals surface area contributed by atoms with E-state index in [-0.39, 0.29) is 0 Å². The summed E-state index contributed by atoms with van der Waals surface area (Å²) >= 11 is 0. The minimum absolute atomic E-state index is 0.644. The molecule has 4 nitrogen and oxygen atoms in total. The van der Waals surface area contributed by atoms with Crippen LogP contribution in [0, 0.1) is 11.3 Å². The Balaban J connectivity index is 0.000000364. The van der Waals surface area contributed by atoms with E-state index in [2.05, 4.69) is 0 Å². The Morgan fingerprint density at radius 1 is 1.43 bits per heavy atom. The molecule has 0 amide bonds. The van der Waals surface area contributed by atoms with Crippen molar-refractivity contribution < 1.29 is 15.0 Å². The molecule has 4 heteroatoms. The average Bonchev–Trinajstić information content (AvgIpc) is 2.17. The first-order chi connectivity index (χ1) is 6.57. The SMILES string of the molecule is CC(=O)O.N#CC(O)c1ccccc1. The predicted octanol–water partition coefficient (Wildman–Crippen LogP) is 1.33. The van der Waals surface area contributed by atoms with E-state index in [4.69, 9.17) is 20.3 Å². The molecule has 0 bridgehead atoms. The highest BCUT2D eigenvalue weighted by Crippen LogP contribution is 2.09. The molecule has 1 rings (SSSR count). The van der Waals surface area contributed by atoms with Crippen LogP contribution in [-0.2, 0) is 4.79 Å². The molecular weight excluding hydrogens is 182 g/mol. The minimum atomic E-state index is -0.985. The third-order valence-electron chi connectivity index (χ3n) is 1.24. The molecule has 1 unspecified atom stereocenters. The lowest BCUT2D eigenvalue weighted by Crippen LogP contribution is -1.90. The molecule has 0 saturated heterocycles. The number of carboxylic acid groups (broad SMARTS) is 1. The first kappa shape index (κ1) is 12.1. The summed E-state index contributed by atoms with van der Waals surface area (Å²) in [5.74, 6) is -0.833. The fourth-order valence-corrected chi connectivity index (χ4v) is 0.710. The molecule has 1 atom stereocenters. The standard InChI is InChI=1S/C8H7NO.C2H4O2/c9-6-8(10)7-4-2-1-3-5-7;1-2(3)4/h1-5,8,10H;1H3,(H,3,4). The number of rotatable bonds is 1. The van der Waals surface area contributed by atoms with E-state index in [0.29, 0.717) is 5.56 Å². The Kier molecular flexibility index (Phi) is 5.75. The van der Waals surface area contributed by atoms with Crippen molar-refractivity contribution in [1.82, 2.24) is 0 Å². The van der Waals surface area contributed by atoms with E-state index in [0.717, 1.165) is 6.92 Å². The number of aliphatic hydroxyl groups is 1. The molecule has 0 fully saturated rings. The highest BCUT2D eigenvalue weighted by Gasteiger charge is 2.01. The number of hydrogen-bond acceptors (Lipinski definition) is 3. The molecule has 0 aliphatic carbocycles. The number of benzene rings is 1. The van der Waals surface area contributed by atoms with Gasteiger partial charge >= 0.3 is 0 Å². The van der Waals surface area contributed by atoms with Gasteiger partial charge in [-0.15, -0.1) is 0 Å². The van der Waals surface area contributed by atoms with Gasteiger partial charge in [0.05, 0.1) is 6.07 Å². The Morgan fingerprint density at radius 2 is 1.86 bits per heavy atom. The zero-order valence-electron chi connectivity index (χ0n) is 7.71. The van der Waals surface area contributed by atoms with Crippen molar-refractivity contribution in [2.75, 3.05) is 0 Å². The number of aliphatic carboxylic acids is 1. The fourth-order valence-electron chi connectivity index (χ4n) is 0.710. The molecule has 14 heavy (non-hydrogen) atoms. The van der Waals surface area contributed by atoms with E-state index in [9.17, 15) is 0 Å². The van der Waals surface area contributed by atoms with E-state index >= 15 is 0 Å². The third kappa shape index (κ3) is 5.75. The van der Waals surface area contributed by atoms with Gasteiger partial charge in [-0.25, -0.2) is 0 Å².